The fourth-order valence-electron chi connectivity index (χ4n) is 3.71. The third-order valence-electron chi connectivity index (χ3n) is 5.23. The number of nitrogens with zero attached hydrogens (tertiary/aromatic N) is 5. The average molecular weight is 526 g/mol. The van der Waals surface area contributed by atoms with Crippen molar-refractivity contribution in [3.8, 4) is 0 Å². The van der Waals surface area contributed by atoms with E-state index >= 15 is 0 Å². The summed E-state index contributed by atoms with van der Waals surface area (Å²) in [6, 6.07) is 8.75. The Morgan fingerprint density at radius 1 is 1.23 bits per heavy atom. The fraction of sp³-hybridized carbons (Fsp3) is 0.545. The zero-order valence-corrected chi connectivity index (χ0v) is 21.1. The summed E-state index contributed by atoms with van der Waals surface area (Å²) in [5.41, 5.74) is 4.88. The van der Waals surface area contributed by atoms with E-state index in [2.05, 4.69) is 76.6 Å². The van der Waals surface area contributed by atoms with Crippen LogP contribution in [-0.4, -0.2) is 61.0 Å². The molecule has 0 bridgehead atoms. The minimum atomic E-state index is 0. The van der Waals surface area contributed by atoms with Crippen molar-refractivity contribution in [2.24, 2.45) is 12.0 Å². The van der Waals surface area contributed by atoms with Crippen molar-refractivity contribution in [1.29, 1.82) is 0 Å². The Labute approximate surface area is 197 Å². The minimum Gasteiger partial charge on any atom is -0.378 e. The third kappa shape index (κ3) is 6.34. The molecule has 1 aromatic carbocycles. The molecule has 1 fully saturated rings. The molecule has 0 atom stereocenters. The number of aryl methyl sites for hydroxylation is 1. The molecule has 2 heterocycles. The predicted octanol–water partition coefficient (Wildman–Crippen LogP) is 3.21. The Morgan fingerprint density at radius 3 is 2.50 bits per heavy atom. The second-order valence-corrected chi connectivity index (χ2v) is 7.89. The molecule has 0 radical (unpaired) electrons. The molecule has 8 heteroatoms. The summed E-state index contributed by atoms with van der Waals surface area (Å²) in [5, 5.41) is 8.08. The van der Waals surface area contributed by atoms with E-state index in [0.29, 0.717) is 5.92 Å². The van der Waals surface area contributed by atoms with Gasteiger partial charge >= 0.3 is 0 Å². The topological polar surface area (TPSA) is 57.9 Å². The number of halogens is 1. The largest absolute Gasteiger partial charge is 0.378 e. The van der Waals surface area contributed by atoms with E-state index in [-0.39, 0.29) is 24.0 Å². The van der Waals surface area contributed by atoms with Gasteiger partial charge in [0.05, 0.1) is 18.9 Å². The molecule has 30 heavy (non-hydrogen) atoms. The Morgan fingerprint density at radius 2 is 1.90 bits per heavy atom. The number of rotatable bonds is 6. The number of aliphatic imine (C=N–C) groups is 1. The van der Waals surface area contributed by atoms with Crippen molar-refractivity contribution in [2.75, 3.05) is 45.3 Å². The highest BCUT2D eigenvalue weighted by Gasteiger charge is 2.15. The van der Waals surface area contributed by atoms with Crippen LogP contribution in [0.25, 0.3) is 0 Å². The lowest BCUT2D eigenvalue weighted by Gasteiger charge is -2.29. The van der Waals surface area contributed by atoms with Crippen LogP contribution in [0.2, 0.25) is 0 Å². The van der Waals surface area contributed by atoms with Crippen LogP contribution < -0.4 is 10.2 Å². The third-order valence-corrected chi connectivity index (χ3v) is 5.23. The maximum absolute atomic E-state index is 5.43. The molecule has 1 aliphatic rings. The molecule has 0 spiro atoms. The Balaban J connectivity index is 0.00000320. The second kappa shape index (κ2) is 11.5. The van der Waals surface area contributed by atoms with Gasteiger partial charge < -0.3 is 19.9 Å². The predicted molar refractivity (Wildman–Crippen MR) is 134 cm³/mol. The average Bonchev–Trinajstić information content (AvgIpc) is 3.10. The molecule has 1 saturated heterocycles. The molecule has 1 aliphatic heterocycles. The first-order valence-electron chi connectivity index (χ1n) is 10.3. The Hall–Kier alpha value is -1.81. The maximum atomic E-state index is 5.43. The van der Waals surface area contributed by atoms with Crippen LogP contribution in [-0.2, 0) is 24.9 Å². The summed E-state index contributed by atoms with van der Waals surface area (Å²) in [7, 11) is 5.87. The van der Waals surface area contributed by atoms with Gasteiger partial charge in [-0.3, -0.25) is 9.67 Å². The number of anilines is 1. The molecule has 1 aromatic heterocycles. The number of aromatic nitrogens is 2. The molecule has 2 aromatic rings. The van der Waals surface area contributed by atoms with Gasteiger partial charge in [0.15, 0.2) is 5.96 Å². The quantitative estimate of drug-likeness (QED) is 0.356. The van der Waals surface area contributed by atoms with Crippen molar-refractivity contribution < 1.29 is 4.74 Å². The lowest BCUT2D eigenvalue weighted by molar-refractivity contribution is 0.122. The number of hydrogen-bond acceptors (Lipinski definition) is 4. The van der Waals surface area contributed by atoms with Gasteiger partial charge in [-0.15, -0.1) is 24.0 Å². The van der Waals surface area contributed by atoms with E-state index in [1.165, 1.54) is 16.8 Å². The normalized spacial score (nSPS) is 14.6. The van der Waals surface area contributed by atoms with E-state index in [0.717, 1.165) is 51.0 Å². The molecule has 0 saturated carbocycles. The zero-order chi connectivity index (χ0) is 20.8. The first-order chi connectivity index (χ1) is 14.0. The number of hydrogen-bond donors (Lipinski definition) is 1. The van der Waals surface area contributed by atoms with Crippen molar-refractivity contribution in [3.05, 3.63) is 47.3 Å². The van der Waals surface area contributed by atoms with Gasteiger partial charge in [0.25, 0.3) is 0 Å². The van der Waals surface area contributed by atoms with Gasteiger partial charge in [-0.05, 0) is 23.6 Å². The summed E-state index contributed by atoms with van der Waals surface area (Å²) >= 11 is 0. The number of ether oxygens (including phenoxy) is 1. The lowest BCUT2D eigenvalue weighted by Crippen LogP contribution is -2.38. The Bertz CT molecular complexity index is 812. The lowest BCUT2D eigenvalue weighted by atomic mass is 10.1. The molecule has 1 N–H and O–H groups in total. The molecular weight excluding hydrogens is 491 g/mol. The van der Waals surface area contributed by atoms with E-state index in [1.807, 2.05) is 18.8 Å². The summed E-state index contributed by atoms with van der Waals surface area (Å²) in [6.45, 7) is 9.41. The first-order valence-corrected chi connectivity index (χ1v) is 10.3. The van der Waals surface area contributed by atoms with Gasteiger partial charge in [0.2, 0.25) is 0 Å². The molecule has 3 rings (SSSR count). The number of guanidine groups is 1. The molecule has 0 unspecified atom stereocenters. The summed E-state index contributed by atoms with van der Waals surface area (Å²) in [4.78, 5) is 8.97. The minimum absolute atomic E-state index is 0. The maximum Gasteiger partial charge on any atom is 0.193 e. The zero-order valence-electron chi connectivity index (χ0n) is 18.8. The standard InChI is InChI=1S/C22H34N6O.HI/c1-17(2)21-19(16-27(5)25-21)15-26(4)22(23-3)24-14-18-6-8-20(9-7-18)28-10-12-29-13-11-28;/h6-9,16-17H,10-15H2,1-5H3,(H,23,24);1H. The Kier molecular flexibility index (Phi) is 9.41. The van der Waals surface area contributed by atoms with E-state index in [9.17, 15) is 0 Å². The number of morpholine rings is 1. The van der Waals surface area contributed by atoms with Gasteiger partial charge in [0.1, 0.15) is 0 Å². The fourth-order valence-corrected chi connectivity index (χ4v) is 3.71. The second-order valence-electron chi connectivity index (χ2n) is 7.89. The molecular formula is C22H35IN6O. The van der Waals surface area contributed by atoms with Crippen molar-refractivity contribution in [1.82, 2.24) is 20.0 Å². The monoisotopic (exact) mass is 526 g/mol. The highest BCUT2D eigenvalue weighted by molar-refractivity contribution is 14.0. The summed E-state index contributed by atoms with van der Waals surface area (Å²) in [5.74, 6) is 1.28. The van der Waals surface area contributed by atoms with Crippen molar-refractivity contribution in [2.45, 2.75) is 32.9 Å². The van der Waals surface area contributed by atoms with Crippen LogP contribution in [0.3, 0.4) is 0 Å². The van der Waals surface area contributed by atoms with Crippen LogP contribution >= 0.6 is 24.0 Å². The summed E-state index contributed by atoms with van der Waals surface area (Å²) < 4.78 is 7.33. The van der Waals surface area contributed by atoms with Gasteiger partial charge in [0, 0.05) is 64.8 Å². The van der Waals surface area contributed by atoms with Crippen LogP contribution in [0.1, 0.15) is 36.6 Å². The first kappa shape index (κ1) is 24.5. The highest BCUT2D eigenvalue weighted by Crippen LogP contribution is 2.19. The van der Waals surface area contributed by atoms with E-state index in [4.69, 9.17) is 4.74 Å². The highest BCUT2D eigenvalue weighted by atomic mass is 127. The van der Waals surface area contributed by atoms with Crippen LogP contribution in [0.4, 0.5) is 5.69 Å². The van der Waals surface area contributed by atoms with Gasteiger partial charge in [-0.2, -0.15) is 5.10 Å². The van der Waals surface area contributed by atoms with E-state index < -0.39 is 0 Å². The van der Waals surface area contributed by atoms with Crippen molar-refractivity contribution >= 4 is 35.6 Å². The smallest absolute Gasteiger partial charge is 0.193 e. The van der Waals surface area contributed by atoms with Crippen LogP contribution in [0.15, 0.2) is 35.5 Å². The van der Waals surface area contributed by atoms with E-state index in [1.54, 1.807) is 0 Å². The van der Waals surface area contributed by atoms with Crippen LogP contribution in [0, 0.1) is 0 Å². The number of benzene rings is 1. The SMILES string of the molecule is CN=C(NCc1ccc(N2CCOCC2)cc1)N(C)Cc1cn(C)nc1C(C)C.I. The van der Waals surface area contributed by atoms with Crippen molar-refractivity contribution in [3.63, 3.8) is 0 Å². The van der Waals surface area contributed by atoms with Gasteiger partial charge in [-0.1, -0.05) is 26.0 Å². The molecule has 0 amide bonds. The molecule has 7 nitrogen and oxygen atoms in total. The van der Waals surface area contributed by atoms with Gasteiger partial charge in [-0.25, -0.2) is 0 Å². The number of nitrogens with one attached hydrogen (secondary N) is 1. The summed E-state index contributed by atoms with van der Waals surface area (Å²) in [6.07, 6.45) is 2.10. The van der Waals surface area contributed by atoms with Crippen LogP contribution in [0.5, 0.6) is 0 Å². The molecule has 166 valence electrons. The molecule has 0 aliphatic carbocycles.